The van der Waals surface area contributed by atoms with Crippen molar-refractivity contribution in [3.8, 4) is 22.8 Å². The van der Waals surface area contributed by atoms with Gasteiger partial charge in [-0.1, -0.05) is 23.2 Å². The van der Waals surface area contributed by atoms with Crippen LogP contribution in [0, 0.1) is 0 Å². The maximum Gasteiger partial charge on any atom is 0.141 e. The van der Waals surface area contributed by atoms with Gasteiger partial charge in [0.1, 0.15) is 23.1 Å². The molecule has 36 heavy (non-hydrogen) atoms. The van der Waals surface area contributed by atoms with E-state index < -0.39 is 0 Å². The predicted octanol–water partition coefficient (Wildman–Crippen LogP) is 5.17. The summed E-state index contributed by atoms with van der Waals surface area (Å²) in [6.07, 6.45) is 6.52. The maximum atomic E-state index is 6.70. The molecule has 1 unspecified atom stereocenters. The van der Waals surface area contributed by atoms with Gasteiger partial charge in [-0.3, -0.25) is 4.68 Å². The third-order valence-electron chi connectivity index (χ3n) is 6.04. The van der Waals surface area contributed by atoms with E-state index in [0.717, 1.165) is 35.2 Å². The summed E-state index contributed by atoms with van der Waals surface area (Å²) in [6.45, 7) is 1.95. The number of aromatic nitrogens is 4. The van der Waals surface area contributed by atoms with Crippen molar-refractivity contribution in [2.75, 3.05) is 38.1 Å². The molecule has 188 valence electrons. The van der Waals surface area contributed by atoms with Crippen LogP contribution in [0.2, 0.25) is 10.0 Å². The highest BCUT2D eigenvalue weighted by atomic mass is 35.5. The molecule has 0 amide bonds. The van der Waals surface area contributed by atoms with Gasteiger partial charge in [0.25, 0.3) is 0 Å². The summed E-state index contributed by atoms with van der Waals surface area (Å²) in [6, 6.07) is 5.79. The molecule has 0 radical (unpaired) electrons. The number of aryl methyl sites for hydroxylation is 1. The lowest BCUT2D eigenvalue weighted by Crippen LogP contribution is -2.19. The molecule has 0 aliphatic carbocycles. The number of benzene rings is 1. The zero-order chi connectivity index (χ0) is 25.2. The Morgan fingerprint density at radius 1 is 1.11 bits per heavy atom. The lowest BCUT2D eigenvalue weighted by molar-refractivity contribution is 0.195. The van der Waals surface area contributed by atoms with Gasteiger partial charge in [-0.05, 0) is 18.6 Å². The number of fused-ring (bicyclic) bond motifs is 1. The number of anilines is 2. The van der Waals surface area contributed by atoms with Crippen molar-refractivity contribution < 1.29 is 14.2 Å². The molecule has 0 bridgehead atoms. The van der Waals surface area contributed by atoms with Crippen LogP contribution in [0.15, 0.2) is 36.8 Å². The molecule has 1 atom stereocenters. The van der Waals surface area contributed by atoms with E-state index in [1.807, 2.05) is 37.8 Å². The lowest BCUT2D eigenvalue weighted by Gasteiger charge is -2.17. The van der Waals surface area contributed by atoms with Gasteiger partial charge in [0.15, 0.2) is 0 Å². The summed E-state index contributed by atoms with van der Waals surface area (Å²) in [7, 11) is 4.97. The summed E-state index contributed by atoms with van der Waals surface area (Å²) in [5.41, 5.74) is 2.11. The fraction of sp³-hybridized carbons (Fsp3) is 0.320. The van der Waals surface area contributed by atoms with Gasteiger partial charge in [-0.15, -0.1) is 0 Å². The van der Waals surface area contributed by atoms with Crippen LogP contribution in [-0.2, 0) is 18.3 Å². The van der Waals surface area contributed by atoms with Crippen LogP contribution >= 0.6 is 23.2 Å². The normalized spacial score (nSPS) is 15.3. The molecular weight excluding hydrogens is 503 g/mol. The van der Waals surface area contributed by atoms with Crippen LogP contribution in [0.1, 0.15) is 12.0 Å². The van der Waals surface area contributed by atoms with E-state index in [0.29, 0.717) is 51.8 Å². The Morgan fingerprint density at radius 2 is 1.89 bits per heavy atom. The van der Waals surface area contributed by atoms with Crippen molar-refractivity contribution in [3.05, 3.63) is 52.4 Å². The minimum atomic E-state index is 0.232. The second kappa shape index (κ2) is 10.4. The Hall–Kier alpha value is -3.27. The van der Waals surface area contributed by atoms with Crippen LogP contribution < -0.4 is 20.1 Å². The van der Waals surface area contributed by atoms with Gasteiger partial charge in [0.2, 0.25) is 0 Å². The number of halogens is 2. The van der Waals surface area contributed by atoms with Crippen LogP contribution in [0.4, 0.5) is 11.6 Å². The minimum Gasteiger partial charge on any atom is -0.495 e. The first-order valence-corrected chi connectivity index (χ1v) is 12.2. The highest BCUT2D eigenvalue weighted by Crippen LogP contribution is 2.46. The number of nitrogens with zero attached hydrogens (tertiary/aromatic N) is 4. The molecular formula is C25H26Cl2N6O3. The first-order valence-electron chi connectivity index (χ1n) is 11.4. The Labute approximate surface area is 218 Å². The Balaban J connectivity index is 1.62. The van der Waals surface area contributed by atoms with E-state index in [4.69, 9.17) is 42.4 Å². The molecule has 1 fully saturated rings. The summed E-state index contributed by atoms with van der Waals surface area (Å²) in [5.74, 6) is 2.30. The van der Waals surface area contributed by atoms with Gasteiger partial charge in [-0.25, -0.2) is 9.97 Å². The van der Waals surface area contributed by atoms with Crippen molar-refractivity contribution in [1.29, 1.82) is 0 Å². The number of hydrogen-bond donors (Lipinski definition) is 2. The van der Waals surface area contributed by atoms with Crippen molar-refractivity contribution in [2.45, 2.75) is 19.0 Å². The Morgan fingerprint density at radius 3 is 2.53 bits per heavy atom. The number of nitrogens with one attached hydrogen (secondary N) is 2. The van der Waals surface area contributed by atoms with Crippen LogP contribution in [0.5, 0.6) is 11.5 Å². The summed E-state index contributed by atoms with van der Waals surface area (Å²) >= 11 is 13.4. The van der Waals surface area contributed by atoms with Gasteiger partial charge in [0, 0.05) is 60.6 Å². The quantitative estimate of drug-likeness (QED) is 0.323. The second-order valence-electron chi connectivity index (χ2n) is 8.51. The summed E-state index contributed by atoms with van der Waals surface area (Å²) < 4.78 is 18.2. The molecule has 5 rings (SSSR count). The van der Waals surface area contributed by atoms with Gasteiger partial charge >= 0.3 is 0 Å². The standard InChI is InChI=1S/C25H26Cl2N6O3/c1-33-12-14(10-30-33)9-29-25-17-7-21(31-16-4-5-36-13-16)28-11-15(17)6-18(32-25)22-23(26)19(34-2)8-20(35-3)24(22)27/h6-8,10-12,16H,4-5,9,13H2,1-3H3,(H,28,31)(H,29,32). The van der Waals surface area contributed by atoms with Crippen LogP contribution in [-0.4, -0.2) is 53.2 Å². The van der Waals surface area contributed by atoms with E-state index in [2.05, 4.69) is 20.7 Å². The molecule has 1 aliphatic heterocycles. The molecule has 0 saturated carbocycles. The molecule has 4 heterocycles. The Kier molecular flexibility index (Phi) is 7.04. The van der Waals surface area contributed by atoms with E-state index in [9.17, 15) is 0 Å². The SMILES string of the molecule is COc1cc(OC)c(Cl)c(-c2cc3cnc(NC4CCOC4)cc3c(NCc3cnn(C)c3)n2)c1Cl. The van der Waals surface area contributed by atoms with E-state index in [1.165, 1.54) is 0 Å². The van der Waals surface area contributed by atoms with Crippen molar-refractivity contribution in [2.24, 2.45) is 7.05 Å². The molecule has 0 spiro atoms. The van der Waals surface area contributed by atoms with Crippen LogP contribution in [0.3, 0.4) is 0 Å². The number of methoxy groups -OCH3 is 2. The number of ether oxygens (including phenoxy) is 3. The van der Waals surface area contributed by atoms with Gasteiger partial charge < -0.3 is 24.8 Å². The summed E-state index contributed by atoms with van der Waals surface area (Å²) in [5, 5.41) is 13.6. The second-order valence-corrected chi connectivity index (χ2v) is 9.27. The fourth-order valence-electron chi connectivity index (χ4n) is 4.20. The minimum absolute atomic E-state index is 0.232. The molecule has 1 aliphatic rings. The molecule has 2 N–H and O–H groups in total. The molecule has 1 saturated heterocycles. The largest absolute Gasteiger partial charge is 0.495 e. The molecule has 3 aromatic heterocycles. The molecule has 4 aromatic rings. The van der Waals surface area contributed by atoms with Gasteiger partial charge in [0.05, 0.1) is 48.8 Å². The Bertz CT molecular complexity index is 1380. The molecule has 11 heteroatoms. The zero-order valence-electron chi connectivity index (χ0n) is 20.1. The first kappa shape index (κ1) is 24.4. The fourth-order valence-corrected chi connectivity index (χ4v) is 4.90. The zero-order valence-corrected chi connectivity index (χ0v) is 21.7. The predicted molar refractivity (Wildman–Crippen MR) is 141 cm³/mol. The average Bonchev–Trinajstić information content (AvgIpc) is 3.54. The topological polar surface area (TPSA) is 95.4 Å². The third kappa shape index (κ3) is 4.86. The third-order valence-corrected chi connectivity index (χ3v) is 6.79. The highest BCUT2D eigenvalue weighted by molar-refractivity contribution is 6.41. The van der Waals surface area contributed by atoms with E-state index in [-0.39, 0.29) is 6.04 Å². The smallest absolute Gasteiger partial charge is 0.141 e. The first-order chi connectivity index (χ1) is 17.5. The van der Waals surface area contributed by atoms with E-state index in [1.54, 1.807) is 25.0 Å². The number of pyridine rings is 2. The number of hydrogen-bond acceptors (Lipinski definition) is 8. The maximum absolute atomic E-state index is 6.70. The molecule has 1 aromatic carbocycles. The molecule has 9 nitrogen and oxygen atoms in total. The van der Waals surface area contributed by atoms with Gasteiger partial charge in [-0.2, -0.15) is 5.10 Å². The van der Waals surface area contributed by atoms with Crippen molar-refractivity contribution in [1.82, 2.24) is 19.7 Å². The average molecular weight is 529 g/mol. The van der Waals surface area contributed by atoms with E-state index >= 15 is 0 Å². The number of rotatable bonds is 8. The van der Waals surface area contributed by atoms with Crippen molar-refractivity contribution in [3.63, 3.8) is 0 Å². The highest BCUT2D eigenvalue weighted by Gasteiger charge is 2.22. The monoisotopic (exact) mass is 528 g/mol. The van der Waals surface area contributed by atoms with Crippen LogP contribution in [0.25, 0.3) is 22.0 Å². The summed E-state index contributed by atoms with van der Waals surface area (Å²) in [4.78, 5) is 9.57. The van der Waals surface area contributed by atoms with Crippen molar-refractivity contribution >= 4 is 45.6 Å². The lowest BCUT2D eigenvalue weighted by atomic mass is 10.1.